The molecule has 2 N–H and O–H groups in total. The van der Waals surface area contributed by atoms with Crippen LogP contribution in [0.25, 0.3) is 21.8 Å². The van der Waals surface area contributed by atoms with Gasteiger partial charge in [0.1, 0.15) is 0 Å². The van der Waals surface area contributed by atoms with Gasteiger partial charge >= 0.3 is 0 Å². The van der Waals surface area contributed by atoms with E-state index >= 15 is 0 Å². The molecule has 0 spiro atoms. The van der Waals surface area contributed by atoms with Gasteiger partial charge in [-0.25, -0.2) is 0 Å². The number of carbonyl (C=O) groups excluding carboxylic acids is 1. The number of carbonyl (C=O) groups is 1. The average molecular weight is 266 g/mol. The molecular weight excluding hydrogens is 248 g/mol. The van der Waals surface area contributed by atoms with E-state index in [1.807, 2.05) is 30.3 Å². The molecule has 0 saturated carbocycles. The summed E-state index contributed by atoms with van der Waals surface area (Å²) in [4.78, 5) is 11.8. The number of Topliss-reactive ketones (excluding diaryl/α,β-unsaturated/α-hetero) is 1. The zero-order valence-corrected chi connectivity index (χ0v) is 11.8. The van der Waals surface area contributed by atoms with E-state index in [4.69, 9.17) is 5.73 Å². The number of para-hydroxylation sites is 1. The minimum Gasteiger partial charge on any atom is -0.338 e. The molecule has 2 aromatic carbocycles. The van der Waals surface area contributed by atoms with Gasteiger partial charge < -0.3 is 10.3 Å². The summed E-state index contributed by atoms with van der Waals surface area (Å²) in [5.74, 6) is -0.0201. The summed E-state index contributed by atoms with van der Waals surface area (Å²) in [5, 5.41) is 2.30. The van der Waals surface area contributed by atoms with E-state index < -0.39 is 0 Å². The molecule has 0 aliphatic heterocycles. The van der Waals surface area contributed by atoms with Crippen molar-refractivity contribution in [1.29, 1.82) is 0 Å². The van der Waals surface area contributed by atoms with E-state index in [1.54, 1.807) is 0 Å². The van der Waals surface area contributed by atoms with Gasteiger partial charge in [0.25, 0.3) is 0 Å². The summed E-state index contributed by atoms with van der Waals surface area (Å²) < 4.78 is 2.31. The Morgan fingerprint density at radius 3 is 2.50 bits per heavy atom. The first-order valence-corrected chi connectivity index (χ1v) is 6.89. The molecule has 20 heavy (non-hydrogen) atoms. The molecule has 3 rings (SSSR count). The molecule has 0 atom stereocenters. The highest BCUT2D eigenvalue weighted by atomic mass is 16.1. The Morgan fingerprint density at radius 2 is 1.80 bits per heavy atom. The summed E-state index contributed by atoms with van der Waals surface area (Å²) in [7, 11) is 0. The number of benzene rings is 2. The van der Waals surface area contributed by atoms with Crippen LogP contribution in [-0.2, 0) is 0 Å². The van der Waals surface area contributed by atoms with Crippen molar-refractivity contribution in [1.82, 2.24) is 4.57 Å². The fraction of sp³-hybridized carbons (Fsp3) is 0.235. The van der Waals surface area contributed by atoms with Crippen LogP contribution in [0.1, 0.15) is 30.2 Å². The predicted octanol–water partition coefficient (Wildman–Crippen LogP) is 3.52. The normalized spacial score (nSPS) is 11.6. The van der Waals surface area contributed by atoms with Gasteiger partial charge in [0.05, 0.1) is 6.54 Å². The highest BCUT2D eigenvalue weighted by Crippen LogP contribution is 2.32. The first-order valence-electron chi connectivity index (χ1n) is 6.89. The van der Waals surface area contributed by atoms with Gasteiger partial charge in [-0.1, -0.05) is 18.2 Å². The predicted molar refractivity (Wildman–Crippen MR) is 83.2 cm³/mol. The smallest absolute Gasteiger partial charge is 0.176 e. The quantitative estimate of drug-likeness (QED) is 0.737. The maximum Gasteiger partial charge on any atom is 0.176 e. The Balaban J connectivity index is 2.41. The van der Waals surface area contributed by atoms with Gasteiger partial charge in [0.2, 0.25) is 0 Å². The lowest BCUT2D eigenvalue weighted by Crippen LogP contribution is -2.13. The first kappa shape index (κ1) is 12.9. The van der Waals surface area contributed by atoms with Crippen molar-refractivity contribution in [3.8, 4) is 0 Å². The van der Waals surface area contributed by atoms with E-state index in [0.717, 1.165) is 10.9 Å². The number of hydrogen-bond donors (Lipinski definition) is 1. The minimum absolute atomic E-state index is 0.0201. The van der Waals surface area contributed by atoms with Gasteiger partial charge in [-0.15, -0.1) is 0 Å². The third-order valence-corrected chi connectivity index (χ3v) is 3.73. The Hall–Kier alpha value is -2.13. The molecule has 0 amide bonds. The molecule has 0 aliphatic rings. The van der Waals surface area contributed by atoms with Gasteiger partial charge in [-0.05, 0) is 38.1 Å². The Morgan fingerprint density at radius 1 is 1.10 bits per heavy atom. The fourth-order valence-electron chi connectivity index (χ4n) is 2.85. The molecule has 3 aromatic rings. The molecule has 0 bridgehead atoms. The average Bonchev–Trinajstić information content (AvgIpc) is 2.80. The highest BCUT2D eigenvalue weighted by Gasteiger charge is 2.14. The SMILES string of the molecule is CC(C)n1c2ccccc2c2cc(C(=O)CN)ccc21. The van der Waals surface area contributed by atoms with Gasteiger partial charge in [-0.2, -0.15) is 0 Å². The van der Waals surface area contributed by atoms with Crippen LogP contribution in [-0.4, -0.2) is 16.9 Å². The Kier molecular flexibility index (Phi) is 3.07. The topological polar surface area (TPSA) is 48.0 Å². The van der Waals surface area contributed by atoms with Gasteiger partial charge in [-0.3, -0.25) is 4.79 Å². The third kappa shape index (κ3) is 1.82. The maximum absolute atomic E-state index is 11.8. The lowest BCUT2D eigenvalue weighted by Gasteiger charge is -2.11. The third-order valence-electron chi connectivity index (χ3n) is 3.73. The first-order chi connectivity index (χ1) is 9.63. The fourth-order valence-corrected chi connectivity index (χ4v) is 2.85. The standard InChI is InChI=1S/C17H18N2O/c1-11(2)19-15-6-4-3-5-13(15)14-9-12(17(20)10-18)7-8-16(14)19/h3-9,11H,10,18H2,1-2H3. The monoisotopic (exact) mass is 266 g/mol. The molecule has 3 nitrogen and oxygen atoms in total. The van der Waals surface area contributed by atoms with Crippen molar-refractivity contribution >= 4 is 27.6 Å². The van der Waals surface area contributed by atoms with Crippen molar-refractivity contribution in [2.75, 3.05) is 6.54 Å². The van der Waals surface area contributed by atoms with E-state index in [0.29, 0.717) is 11.6 Å². The summed E-state index contributed by atoms with van der Waals surface area (Å²) in [5.41, 5.74) is 8.51. The number of fused-ring (bicyclic) bond motifs is 3. The molecule has 3 heteroatoms. The van der Waals surface area contributed by atoms with Crippen molar-refractivity contribution < 1.29 is 4.79 Å². The number of nitrogens with zero attached hydrogens (tertiary/aromatic N) is 1. The summed E-state index contributed by atoms with van der Waals surface area (Å²) in [6, 6.07) is 14.5. The zero-order chi connectivity index (χ0) is 14.3. The van der Waals surface area contributed by atoms with Crippen LogP contribution in [0.15, 0.2) is 42.5 Å². The molecule has 0 radical (unpaired) electrons. The maximum atomic E-state index is 11.8. The van der Waals surface area contributed by atoms with Crippen LogP contribution in [0.5, 0.6) is 0 Å². The van der Waals surface area contributed by atoms with E-state index in [9.17, 15) is 4.79 Å². The van der Waals surface area contributed by atoms with E-state index in [1.165, 1.54) is 10.9 Å². The lowest BCUT2D eigenvalue weighted by molar-refractivity contribution is 0.100. The number of aromatic nitrogens is 1. The zero-order valence-electron chi connectivity index (χ0n) is 11.8. The van der Waals surface area contributed by atoms with Crippen molar-refractivity contribution in [2.45, 2.75) is 19.9 Å². The largest absolute Gasteiger partial charge is 0.338 e. The highest BCUT2D eigenvalue weighted by molar-refractivity contribution is 6.11. The molecule has 1 aromatic heterocycles. The van der Waals surface area contributed by atoms with Crippen LogP contribution >= 0.6 is 0 Å². The van der Waals surface area contributed by atoms with Crippen LogP contribution in [0.2, 0.25) is 0 Å². The number of ketones is 1. The van der Waals surface area contributed by atoms with Crippen molar-refractivity contribution in [3.05, 3.63) is 48.0 Å². The molecular formula is C17H18N2O. The second-order valence-electron chi connectivity index (χ2n) is 5.34. The molecule has 102 valence electrons. The number of hydrogen-bond acceptors (Lipinski definition) is 2. The number of rotatable bonds is 3. The second kappa shape index (κ2) is 4.76. The van der Waals surface area contributed by atoms with Crippen LogP contribution in [0.3, 0.4) is 0 Å². The second-order valence-corrected chi connectivity index (χ2v) is 5.34. The Labute approximate surface area is 118 Å². The molecule has 0 fully saturated rings. The van der Waals surface area contributed by atoms with E-state index in [2.05, 4.69) is 30.5 Å². The minimum atomic E-state index is -0.0201. The molecule has 1 heterocycles. The lowest BCUT2D eigenvalue weighted by atomic mass is 10.1. The van der Waals surface area contributed by atoms with Gasteiger partial charge in [0.15, 0.2) is 5.78 Å². The molecule has 0 saturated heterocycles. The summed E-state index contributed by atoms with van der Waals surface area (Å²) in [6.45, 7) is 4.39. The van der Waals surface area contributed by atoms with Crippen LogP contribution in [0, 0.1) is 0 Å². The van der Waals surface area contributed by atoms with E-state index in [-0.39, 0.29) is 12.3 Å². The summed E-state index contributed by atoms with van der Waals surface area (Å²) >= 11 is 0. The molecule has 0 unspecified atom stereocenters. The van der Waals surface area contributed by atoms with Crippen LogP contribution in [0.4, 0.5) is 0 Å². The van der Waals surface area contributed by atoms with Crippen molar-refractivity contribution in [2.24, 2.45) is 5.73 Å². The number of nitrogens with two attached hydrogens (primary N) is 1. The Bertz CT molecular complexity index is 799. The van der Waals surface area contributed by atoms with Crippen molar-refractivity contribution in [3.63, 3.8) is 0 Å². The van der Waals surface area contributed by atoms with Gasteiger partial charge in [0, 0.05) is 33.4 Å². The summed E-state index contributed by atoms with van der Waals surface area (Å²) in [6.07, 6.45) is 0. The molecule has 0 aliphatic carbocycles. The van der Waals surface area contributed by atoms with Crippen LogP contribution < -0.4 is 5.73 Å².